The van der Waals surface area contributed by atoms with Crippen LogP contribution in [0.5, 0.6) is 0 Å². The van der Waals surface area contributed by atoms with Gasteiger partial charge in [0.25, 0.3) is 0 Å². The monoisotopic (exact) mass is 426 g/mol. The second kappa shape index (κ2) is 7.76. The number of nitrogens with zero attached hydrogens (tertiary/aromatic N) is 2. The first-order valence-electron chi connectivity index (χ1n) is 9.45. The number of anilines is 1. The number of thioether (sulfide) groups is 1. The van der Waals surface area contributed by atoms with E-state index in [9.17, 15) is 13.2 Å². The van der Waals surface area contributed by atoms with Crippen molar-refractivity contribution in [3.05, 3.63) is 29.3 Å². The van der Waals surface area contributed by atoms with E-state index in [2.05, 4.69) is 4.99 Å². The summed E-state index contributed by atoms with van der Waals surface area (Å²) in [6, 6.07) is 7.08. The Morgan fingerprint density at radius 2 is 1.89 bits per heavy atom. The number of benzene rings is 1. The maximum atomic E-state index is 12.5. The Morgan fingerprint density at radius 1 is 1.19 bits per heavy atom. The third-order valence-electron chi connectivity index (χ3n) is 5.63. The Balaban J connectivity index is 1.54. The fraction of sp³-hybridized carbons (Fsp3) is 0.579. The number of sulfone groups is 1. The van der Waals surface area contributed by atoms with Crippen LogP contribution in [0, 0.1) is 5.92 Å². The van der Waals surface area contributed by atoms with E-state index in [0.717, 1.165) is 12.1 Å². The molecule has 1 aromatic rings. The highest BCUT2D eigenvalue weighted by molar-refractivity contribution is 8.16. The SMILES string of the molecule is O=C(CCC1CCCC1)N=C1SC2CS(=O)(=O)CC2N1c1ccc(Cl)cc1. The van der Waals surface area contributed by atoms with E-state index in [1.807, 2.05) is 17.0 Å². The molecule has 3 aliphatic rings. The number of hydrogen-bond acceptors (Lipinski definition) is 4. The molecule has 2 saturated heterocycles. The number of amidine groups is 1. The zero-order valence-corrected chi connectivity index (χ0v) is 17.4. The van der Waals surface area contributed by atoms with Crippen LogP contribution in [0.15, 0.2) is 29.3 Å². The lowest BCUT2D eigenvalue weighted by molar-refractivity contribution is -0.118. The largest absolute Gasteiger partial charge is 0.316 e. The molecular weight excluding hydrogens is 404 g/mol. The Kier molecular flexibility index (Phi) is 5.54. The zero-order valence-electron chi connectivity index (χ0n) is 15.0. The lowest BCUT2D eigenvalue weighted by Crippen LogP contribution is -2.37. The molecule has 4 rings (SSSR count). The van der Waals surface area contributed by atoms with Crippen molar-refractivity contribution in [1.82, 2.24) is 0 Å². The lowest BCUT2D eigenvalue weighted by atomic mass is 10.0. The van der Waals surface area contributed by atoms with Crippen molar-refractivity contribution in [2.45, 2.75) is 49.8 Å². The number of fused-ring (bicyclic) bond motifs is 1. The van der Waals surface area contributed by atoms with Gasteiger partial charge in [0.05, 0.1) is 17.5 Å². The Hall–Kier alpha value is -1.05. The van der Waals surface area contributed by atoms with Crippen LogP contribution >= 0.6 is 23.4 Å². The van der Waals surface area contributed by atoms with Gasteiger partial charge in [0.1, 0.15) is 0 Å². The van der Waals surface area contributed by atoms with Gasteiger partial charge in [0.15, 0.2) is 15.0 Å². The predicted molar refractivity (Wildman–Crippen MR) is 111 cm³/mol. The molecule has 5 nitrogen and oxygen atoms in total. The summed E-state index contributed by atoms with van der Waals surface area (Å²) in [4.78, 5) is 18.8. The molecule has 27 heavy (non-hydrogen) atoms. The Morgan fingerprint density at radius 3 is 2.59 bits per heavy atom. The molecule has 2 unspecified atom stereocenters. The number of halogens is 1. The van der Waals surface area contributed by atoms with Crippen molar-refractivity contribution in [2.75, 3.05) is 16.4 Å². The van der Waals surface area contributed by atoms with E-state index >= 15 is 0 Å². The van der Waals surface area contributed by atoms with E-state index < -0.39 is 9.84 Å². The summed E-state index contributed by atoms with van der Waals surface area (Å²) < 4.78 is 24.2. The minimum atomic E-state index is -3.06. The average molecular weight is 427 g/mol. The molecule has 1 aliphatic carbocycles. The molecule has 8 heteroatoms. The first-order valence-corrected chi connectivity index (χ1v) is 12.5. The average Bonchev–Trinajstić information content (AvgIpc) is 3.29. The maximum absolute atomic E-state index is 12.5. The third kappa shape index (κ3) is 4.35. The van der Waals surface area contributed by atoms with Crippen molar-refractivity contribution < 1.29 is 13.2 Å². The Bertz CT molecular complexity index is 848. The Labute approximate surface area is 169 Å². The number of hydrogen-bond donors (Lipinski definition) is 0. The van der Waals surface area contributed by atoms with Gasteiger partial charge < -0.3 is 4.90 Å². The van der Waals surface area contributed by atoms with Crippen molar-refractivity contribution >= 4 is 50.0 Å². The van der Waals surface area contributed by atoms with Crippen LogP contribution in [-0.2, 0) is 14.6 Å². The van der Waals surface area contributed by atoms with Crippen LogP contribution in [0.4, 0.5) is 5.69 Å². The summed E-state index contributed by atoms with van der Waals surface area (Å²) in [7, 11) is -3.06. The van der Waals surface area contributed by atoms with Gasteiger partial charge in [-0.05, 0) is 36.6 Å². The molecular formula is C19H23ClN2O3S2. The van der Waals surface area contributed by atoms with E-state index in [-0.39, 0.29) is 28.7 Å². The standard InChI is InChI=1S/C19H23ClN2O3S2/c20-14-6-8-15(9-7-14)22-16-11-27(24,25)12-17(16)26-19(22)21-18(23)10-5-13-3-1-2-4-13/h6-9,13,16-17H,1-5,10-12H2. The minimum absolute atomic E-state index is 0.0768. The molecule has 3 fully saturated rings. The molecule has 0 spiro atoms. The van der Waals surface area contributed by atoms with Gasteiger partial charge in [-0.2, -0.15) is 4.99 Å². The maximum Gasteiger partial charge on any atom is 0.248 e. The first kappa shape index (κ1) is 19.3. The molecule has 2 heterocycles. The van der Waals surface area contributed by atoms with Crippen LogP contribution in [0.2, 0.25) is 5.02 Å². The van der Waals surface area contributed by atoms with E-state index in [0.29, 0.717) is 22.5 Å². The highest BCUT2D eigenvalue weighted by Crippen LogP contribution is 2.41. The zero-order chi connectivity index (χ0) is 19.0. The highest BCUT2D eigenvalue weighted by atomic mass is 35.5. The molecule has 2 atom stereocenters. The fourth-order valence-electron chi connectivity index (χ4n) is 4.26. The third-order valence-corrected chi connectivity index (χ3v) is 9.09. The van der Waals surface area contributed by atoms with Crippen molar-refractivity contribution in [3.63, 3.8) is 0 Å². The van der Waals surface area contributed by atoms with Gasteiger partial charge in [0.2, 0.25) is 5.91 Å². The van der Waals surface area contributed by atoms with Gasteiger partial charge >= 0.3 is 0 Å². The number of rotatable bonds is 4. The quantitative estimate of drug-likeness (QED) is 0.730. The smallest absolute Gasteiger partial charge is 0.248 e. The first-order chi connectivity index (χ1) is 12.9. The summed E-state index contributed by atoms with van der Waals surface area (Å²) in [6.07, 6.45) is 6.35. The van der Waals surface area contributed by atoms with E-state index in [4.69, 9.17) is 11.6 Å². The van der Waals surface area contributed by atoms with Gasteiger partial charge in [0, 0.05) is 22.4 Å². The summed E-state index contributed by atoms with van der Waals surface area (Å²) in [5, 5.41) is 1.16. The molecule has 0 aromatic heterocycles. The molecule has 0 radical (unpaired) electrons. The van der Waals surface area contributed by atoms with Crippen molar-refractivity contribution in [2.24, 2.45) is 10.9 Å². The molecule has 0 bridgehead atoms. The molecule has 1 aromatic carbocycles. The number of aliphatic imine (C=N–C) groups is 1. The second-order valence-electron chi connectivity index (χ2n) is 7.62. The van der Waals surface area contributed by atoms with Gasteiger partial charge in [-0.25, -0.2) is 8.42 Å². The summed E-state index contributed by atoms with van der Waals surface area (Å²) in [5.74, 6) is 0.790. The normalized spacial score (nSPS) is 28.8. The summed E-state index contributed by atoms with van der Waals surface area (Å²) in [6.45, 7) is 0. The summed E-state index contributed by atoms with van der Waals surface area (Å²) >= 11 is 7.42. The molecule has 1 amide bonds. The minimum Gasteiger partial charge on any atom is -0.316 e. The number of carbonyl (C=O) groups excluding carboxylic acids is 1. The number of amides is 1. The van der Waals surface area contributed by atoms with E-state index in [1.165, 1.54) is 37.4 Å². The topological polar surface area (TPSA) is 66.8 Å². The van der Waals surface area contributed by atoms with Gasteiger partial charge in [-0.15, -0.1) is 0 Å². The van der Waals surface area contributed by atoms with Crippen LogP contribution in [0.3, 0.4) is 0 Å². The van der Waals surface area contributed by atoms with Crippen molar-refractivity contribution in [1.29, 1.82) is 0 Å². The lowest BCUT2D eigenvalue weighted by Gasteiger charge is -2.24. The fourth-order valence-corrected chi connectivity index (χ4v) is 8.31. The second-order valence-corrected chi connectivity index (χ2v) is 11.4. The van der Waals surface area contributed by atoms with Crippen LogP contribution in [-0.4, -0.2) is 42.3 Å². The van der Waals surface area contributed by atoms with Crippen LogP contribution in [0.25, 0.3) is 0 Å². The van der Waals surface area contributed by atoms with Crippen LogP contribution < -0.4 is 4.90 Å². The van der Waals surface area contributed by atoms with Crippen LogP contribution in [0.1, 0.15) is 38.5 Å². The molecule has 146 valence electrons. The molecule has 0 N–H and O–H groups in total. The van der Waals surface area contributed by atoms with E-state index in [1.54, 1.807) is 12.1 Å². The number of carbonyl (C=O) groups is 1. The predicted octanol–water partition coefficient (Wildman–Crippen LogP) is 3.91. The summed E-state index contributed by atoms with van der Waals surface area (Å²) in [5.41, 5.74) is 0.832. The van der Waals surface area contributed by atoms with Gasteiger partial charge in [-0.3, -0.25) is 4.79 Å². The molecule has 2 aliphatic heterocycles. The van der Waals surface area contributed by atoms with Crippen molar-refractivity contribution in [3.8, 4) is 0 Å². The molecule has 1 saturated carbocycles. The highest BCUT2D eigenvalue weighted by Gasteiger charge is 2.49. The van der Waals surface area contributed by atoms with Gasteiger partial charge in [-0.1, -0.05) is 49.0 Å².